The molecule has 0 saturated carbocycles. The lowest BCUT2D eigenvalue weighted by atomic mass is 10.0. The number of benzene rings is 2. The number of phenolic OH excluding ortho intramolecular Hbond substituents is 2. The molecule has 2 aromatic rings. The molecule has 20 heavy (non-hydrogen) atoms. The first-order chi connectivity index (χ1) is 9.36. The number of non-ortho nitro benzene ring substituents is 1. The van der Waals surface area contributed by atoms with Crippen LogP contribution in [0.1, 0.15) is 10.4 Å². The molecule has 102 valence electrons. The number of phenols is 2. The van der Waals surface area contributed by atoms with Crippen LogP contribution in [0.15, 0.2) is 18.2 Å². The zero-order chi connectivity index (χ0) is 15.0. The summed E-state index contributed by atoms with van der Waals surface area (Å²) in [4.78, 5) is 30.6. The monoisotopic (exact) mass is 278 g/mol. The van der Waals surface area contributed by atoms with Gasteiger partial charge in [-0.15, -0.1) is 0 Å². The van der Waals surface area contributed by atoms with Crippen LogP contribution in [-0.4, -0.2) is 26.3 Å². The molecule has 0 atom stereocenters. The third-order valence-electron chi connectivity index (χ3n) is 2.72. The number of carbonyl (C=O) groups excluding carboxylic acids is 1. The smallest absolute Gasteiger partial charge is 0.312 e. The van der Waals surface area contributed by atoms with Gasteiger partial charge in [-0.3, -0.25) is 25.0 Å². The summed E-state index contributed by atoms with van der Waals surface area (Å²) in [7, 11) is 0. The highest BCUT2D eigenvalue weighted by Gasteiger charge is 2.24. The van der Waals surface area contributed by atoms with Gasteiger partial charge in [0.2, 0.25) is 5.75 Å². The van der Waals surface area contributed by atoms with Gasteiger partial charge in [-0.1, -0.05) is 0 Å². The zero-order valence-electron chi connectivity index (χ0n) is 9.64. The molecule has 0 aliphatic carbocycles. The van der Waals surface area contributed by atoms with E-state index in [2.05, 4.69) is 0 Å². The minimum Gasteiger partial charge on any atom is -0.507 e. The lowest BCUT2D eigenvalue weighted by Gasteiger charge is -2.07. The summed E-state index contributed by atoms with van der Waals surface area (Å²) in [5, 5.41) is 40.4. The van der Waals surface area contributed by atoms with Crippen molar-refractivity contribution in [2.24, 2.45) is 0 Å². The van der Waals surface area contributed by atoms with E-state index in [0.29, 0.717) is 0 Å². The van der Waals surface area contributed by atoms with E-state index in [0.717, 1.165) is 18.2 Å². The van der Waals surface area contributed by atoms with Crippen molar-refractivity contribution in [3.05, 3.63) is 44.0 Å². The molecule has 2 rings (SSSR count). The Morgan fingerprint density at radius 3 is 2.20 bits per heavy atom. The number of carbonyl (C=O) groups is 1. The SMILES string of the molecule is O=Cc1cc([N+](=O)[O-])c(O)c2cc([N+](=O)[O-])cc(O)c12. The van der Waals surface area contributed by atoms with Gasteiger partial charge in [0.25, 0.3) is 5.69 Å². The maximum absolute atomic E-state index is 10.9. The fraction of sp³-hybridized carbons (Fsp3) is 0. The van der Waals surface area contributed by atoms with Crippen LogP contribution in [-0.2, 0) is 0 Å². The molecule has 0 spiro atoms. The molecule has 0 amide bonds. The Bertz CT molecular complexity index is 769. The number of nitro benzene ring substituents is 2. The molecule has 0 fully saturated rings. The molecule has 0 heterocycles. The highest BCUT2D eigenvalue weighted by molar-refractivity contribution is 6.07. The Labute approximate surface area is 110 Å². The van der Waals surface area contributed by atoms with Crippen LogP contribution >= 0.6 is 0 Å². The van der Waals surface area contributed by atoms with Crippen LogP contribution in [0.4, 0.5) is 11.4 Å². The quantitative estimate of drug-likeness (QED) is 0.495. The molecule has 2 N–H and O–H groups in total. The van der Waals surface area contributed by atoms with Gasteiger partial charge in [0.05, 0.1) is 15.9 Å². The van der Waals surface area contributed by atoms with Crippen molar-refractivity contribution in [1.82, 2.24) is 0 Å². The maximum atomic E-state index is 10.9. The van der Waals surface area contributed by atoms with E-state index in [4.69, 9.17) is 0 Å². The van der Waals surface area contributed by atoms with Gasteiger partial charge in [-0.05, 0) is 0 Å². The molecule has 2 aromatic carbocycles. The van der Waals surface area contributed by atoms with Crippen molar-refractivity contribution >= 4 is 28.4 Å². The molecule has 0 unspecified atom stereocenters. The summed E-state index contributed by atoms with van der Waals surface area (Å²) < 4.78 is 0. The molecule has 0 aliphatic heterocycles. The molecule has 0 aromatic heterocycles. The third-order valence-corrected chi connectivity index (χ3v) is 2.72. The molecule has 9 nitrogen and oxygen atoms in total. The summed E-state index contributed by atoms with van der Waals surface area (Å²) >= 11 is 0. The Hall–Kier alpha value is -3.23. The maximum Gasteiger partial charge on any atom is 0.312 e. The molecule has 0 radical (unpaired) electrons. The number of aldehydes is 1. The second-order valence-electron chi connectivity index (χ2n) is 3.85. The van der Waals surface area contributed by atoms with E-state index in [1.807, 2.05) is 0 Å². The second-order valence-corrected chi connectivity index (χ2v) is 3.85. The van der Waals surface area contributed by atoms with Crippen molar-refractivity contribution < 1.29 is 24.9 Å². The standard InChI is InChI=1S/C11H6N2O7/c14-4-5-1-8(13(19)20)11(16)7-2-6(12(17)18)3-9(15)10(5)7/h1-4,15-16H. The van der Waals surface area contributed by atoms with Gasteiger partial charge >= 0.3 is 5.69 Å². The number of nitrogens with zero attached hydrogens (tertiary/aromatic N) is 2. The summed E-state index contributed by atoms with van der Waals surface area (Å²) in [6.07, 6.45) is 0.250. The lowest BCUT2D eigenvalue weighted by Crippen LogP contribution is -1.95. The van der Waals surface area contributed by atoms with Gasteiger partial charge in [0, 0.05) is 28.5 Å². The molecular formula is C11H6N2O7. The van der Waals surface area contributed by atoms with Crippen LogP contribution in [0, 0.1) is 20.2 Å². The average Bonchev–Trinajstić information content (AvgIpc) is 2.38. The number of fused-ring (bicyclic) bond motifs is 1. The minimum atomic E-state index is -0.933. The Morgan fingerprint density at radius 2 is 1.70 bits per heavy atom. The predicted octanol–water partition coefficient (Wildman–Crippen LogP) is 1.88. The van der Waals surface area contributed by atoms with Crippen LogP contribution in [0.5, 0.6) is 11.5 Å². The first kappa shape index (κ1) is 13.2. The summed E-state index contributed by atoms with van der Waals surface area (Å²) in [6, 6.07) is 2.43. The number of aromatic hydroxyl groups is 2. The summed E-state index contributed by atoms with van der Waals surface area (Å²) in [5.74, 6) is -1.48. The highest BCUT2D eigenvalue weighted by atomic mass is 16.6. The molecule has 9 heteroatoms. The summed E-state index contributed by atoms with van der Waals surface area (Å²) in [5.41, 5.74) is -1.60. The van der Waals surface area contributed by atoms with Crippen molar-refractivity contribution in [1.29, 1.82) is 0 Å². The molecule has 0 saturated heterocycles. The Morgan fingerprint density at radius 1 is 1.05 bits per heavy atom. The lowest BCUT2D eigenvalue weighted by molar-refractivity contribution is -0.385. The number of hydrogen-bond acceptors (Lipinski definition) is 7. The van der Waals surface area contributed by atoms with Gasteiger partial charge in [-0.2, -0.15) is 0 Å². The third kappa shape index (κ3) is 1.86. The fourth-order valence-electron chi connectivity index (χ4n) is 1.87. The van der Waals surface area contributed by atoms with Crippen LogP contribution in [0.2, 0.25) is 0 Å². The predicted molar refractivity (Wildman–Crippen MR) is 66.0 cm³/mol. The second kappa shape index (κ2) is 4.46. The topological polar surface area (TPSA) is 144 Å². The van der Waals surface area contributed by atoms with E-state index >= 15 is 0 Å². The average molecular weight is 278 g/mol. The number of rotatable bonds is 3. The zero-order valence-corrected chi connectivity index (χ0v) is 9.64. The Kier molecular flexibility index (Phi) is 2.95. The first-order valence-corrected chi connectivity index (χ1v) is 5.13. The normalized spacial score (nSPS) is 10.4. The van der Waals surface area contributed by atoms with Crippen LogP contribution < -0.4 is 0 Å². The van der Waals surface area contributed by atoms with E-state index < -0.39 is 32.7 Å². The van der Waals surface area contributed by atoms with Gasteiger partial charge in [-0.25, -0.2) is 0 Å². The van der Waals surface area contributed by atoms with E-state index in [1.165, 1.54) is 0 Å². The fourth-order valence-corrected chi connectivity index (χ4v) is 1.87. The van der Waals surface area contributed by atoms with Crippen LogP contribution in [0.25, 0.3) is 10.8 Å². The van der Waals surface area contributed by atoms with Gasteiger partial charge in [0.1, 0.15) is 5.75 Å². The van der Waals surface area contributed by atoms with Crippen molar-refractivity contribution in [3.8, 4) is 11.5 Å². The van der Waals surface area contributed by atoms with Gasteiger partial charge in [0.15, 0.2) is 6.29 Å². The molecule has 0 aliphatic rings. The minimum absolute atomic E-state index is 0.186. The van der Waals surface area contributed by atoms with Gasteiger partial charge < -0.3 is 10.2 Å². The van der Waals surface area contributed by atoms with E-state index in [9.17, 15) is 35.2 Å². The first-order valence-electron chi connectivity index (χ1n) is 5.13. The van der Waals surface area contributed by atoms with E-state index in [-0.39, 0.29) is 22.6 Å². The van der Waals surface area contributed by atoms with Crippen molar-refractivity contribution in [3.63, 3.8) is 0 Å². The largest absolute Gasteiger partial charge is 0.507 e. The van der Waals surface area contributed by atoms with Crippen molar-refractivity contribution in [2.75, 3.05) is 0 Å². The van der Waals surface area contributed by atoms with Crippen LogP contribution in [0.3, 0.4) is 0 Å². The highest BCUT2D eigenvalue weighted by Crippen LogP contribution is 2.42. The summed E-state index contributed by atoms with van der Waals surface area (Å²) in [6.45, 7) is 0. The van der Waals surface area contributed by atoms with E-state index in [1.54, 1.807) is 0 Å². The van der Waals surface area contributed by atoms with Crippen molar-refractivity contribution in [2.45, 2.75) is 0 Å². The number of nitro groups is 2. The number of hydrogen-bond donors (Lipinski definition) is 2. The Balaban J connectivity index is 3.01. The molecule has 0 bridgehead atoms. The molecular weight excluding hydrogens is 272 g/mol.